The van der Waals surface area contributed by atoms with Crippen LogP contribution in [0.1, 0.15) is 31.4 Å². The van der Waals surface area contributed by atoms with Gasteiger partial charge in [0.1, 0.15) is 6.07 Å². The Bertz CT molecular complexity index is 405. The third-order valence-electron chi connectivity index (χ3n) is 3.18. The first-order chi connectivity index (χ1) is 7.79. The first-order valence-corrected chi connectivity index (χ1v) is 5.54. The van der Waals surface area contributed by atoms with Gasteiger partial charge in [-0.15, -0.1) is 0 Å². The van der Waals surface area contributed by atoms with Gasteiger partial charge in [-0.3, -0.25) is 0 Å². The summed E-state index contributed by atoms with van der Waals surface area (Å²) in [4.78, 5) is 4.00. The topological polar surface area (TPSA) is 68.9 Å². The number of aromatic nitrogens is 1. The van der Waals surface area contributed by atoms with Crippen molar-refractivity contribution in [2.24, 2.45) is 0 Å². The van der Waals surface area contributed by atoms with Gasteiger partial charge in [0.25, 0.3) is 0 Å². The predicted octanol–water partition coefficient (Wildman–Crippen LogP) is 1.67. The van der Waals surface area contributed by atoms with Crippen molar-refractivity contribution >= 4 is 5.69 Å². The molecule has 0 unspecified atom stereocenters. The summed E-state index contributed by atoms with van der Waals surface area (Å²) in [6.07, 6.45) is 5.74. The van der Waals surface area contributed by atoms with Gasteiger partial charge in [0.05, 0.1) is 17.8 Å². The van der Waals surface area contributed by atoms with Crippen LogP contribution in [0.4, 0.5) is 5.69 Å². The fourth-order valence-electron chi connectivity index (χ4n) is 2.26. The van der Waals surface area contributed by atoms with E-state index in [9.17, 15) is 5.11 Å². The fraction of sp³-hybridized carbons (Fsp3) is 0.500. The third kappa shape index (κ3) is 2.00. The number of hydrogen-bond acceptors (Lipinski definition) is 4. The summed E-state index contributed by atoms with van der Waals surface area (Å²) in [5, 5.41) is 21.7. The lowest BCUT2D eigenvalue weighted by molar-refractivity contribution is 0.214. The zero-order valence-corrected chi connectivity index (χ0v) is 9.11. The highest BCUT2D eigenvalue weighted by Crippen LogP contribution is 2.33. The summed E-state index contributed by atoms with van der Waals surface area (Å²) >= 11 is 0. The minimum atomic E-state index is -0.255. The molecule has 1 heterocycles. The molecule has 0 bridgehead atoms. The predicted molar refractivity (Wildman–Crippen MR) is 60.9 cm³/mol. The SMILES string of the molecule is N#Cc1ncccc1NC1(CO)CCCC1. The monoisotopic (exact) mass is 217 g/mol. The van der Waals surface area contributed by atoms with Crippen molar-refractivity contribution in [3.8, 4) is 6.07 Å². The molecule has 1 aliphatic carbocycles. The molecule has 4 heteroatoms. The molecule has 0 saturated heterocycles. The maximum absolute atomic E-state index is 9.48. The molecule has 1 saturated carbocycles. The lowest BCUT2D eigenvalue weighted by Crippen LogP contribution is -2.39. The largest absolute Gasteiger partial charge is 0.394 e. The van der Waals surface area contributed by atoms with Crippen LogP contribution in [0.2, 0.25) is 0 Å². The van der Waals surface area contributed by atoms with Crippen LogP contribution in [-0.4, -0.2) is 22.2 Å². The van der Waals surface area contributed by atoms with Crippen molar-refractivity contribution in [3.05, 3.63) is 24.0 Å². The molecule has 1 aliphatic rings. The van der Waals surface area contributed by atoms with E-state index in [0.717, 1.165) is 31.4 Å². The van der Waals surface area contributed by atoms with E-state index in [4.69, 9.17) is 5.26 Å². The van der Waals surface area contributed by atoms with Crippen LogP contribution in [0.3, 0.4) is 0 Å². The van der Waals surface area contributed by atoms with E-state index in [-0.39, 0.29) is 12.1 Å². The van der Waals surface area contributed by atoms with Crippen molar-refractivity contribution in [2.45, 2.75) is 31.2 Å². The number of pyridine rings is 1. The molecule has 16 heavy (non-hydrogen) atoms. The van der Waals surface area contributed by atoms with Crippen LogP contribution in [-0.2, 0) is 0 Å². The van der Waals surface area contributed by atoms with Crippen molar-refractivity contribution in [1.82, 2.24) is 4.98 Å². The van der Waals surface area contributed by atoms with E-state index in [1.54, 1.807) is 12.3 Å². The molecule has 1 aromatic rings. The summed E-state index contributed by atoms with van der Waals surface area (Å²) in [5.41, 5.74) is 0.859. The lowest BCUT2D eigenvalue weighted by atomic mass is 9.98. The summed E-state index contributed by atoms with van der Waals surface area (Å²) in [6.45, 7) is 0.104. The van der Waals surface area contributed by atoms with Crippen LogP contribution in [0, 0.1) is 11.3 Å². The minimum absolute atomic E-state index is 0.104. The van der Waals surface area contributed by atoms with E-state index in [0.29, 0.717) is 5.69 Å². The van der Waals surface area contributed by atoms with Crippen LogP contribution in [0.15, 0.2) is 18.3 Å². The number of nitrogens with one attached hydrogen (secondary N) is 1. The van der Waals surface area contributed by atoms with E-state index < -0.39 is 0 Å². The highest BCUT2D eigenvalue weighted by molar-refractivity contribution is 5.55. The van der Waals surface area contributed by atoms with Gasteiger partial charge in [0.15, 0.2) is 5.69 Å². The van der Waals surface area contributed by atoms with Gasteiger partial charge in [0.2, 0.25) is 0 Å². The molecule has 2 rings (SSSR count). The standard InChI is InChI=1S/C12H15N3O/c13-8-11-10(4-3-7-14-11)15-12(9-16)5-1-2-6-12/h3-4,7,15-16H,1-2,5-6,9H2. The first-order valence-electron chi connectivity index (χ1n) is 5.54. The van der Waals surface area contributed by atoms with Gasteiger partial charge in [-0.1, -0.05) is 12.8 Å². The Morgan fingerprint density at radius 2 is 2.25 bits per heavy atom. The second-order valence-corrected chi connectivity index (χ2v) is 4.28. The molecule has 4 nitrogen and oxygen atoms in total. The highest BCUT2D eigenvalue weighted by Gasteiger charge is 2.33. The minimum Gasteiger partial charge on any atom is -0.394 e. The fourth-order valence-corrected chi connectivity index (χ4v) is 2.26. The Balaban J connectivity index is 2.23. The van der Waals surface area contributed by atoms with Gasteiger partial charge in [-0.05, 0) is 25.0 Å². The van der Waals surface area contributed by atoms with E-state index in [1.165, 1.54) is 0 Å². The van der Waals surface area contributed by atoms with Crippen molar-refractivity contribution in [1.29, 1.82) is 5.26 Å². The molecule has 1 fully saturated rings. The molecule has 0 aliphatic heterocycles. The Morgan fingerprint density at radius 3 is 2.88 bits per heavy atom. The third-order valence-corrected chi connectivity index (χ3v) is 3.18. The Morgan fingerprint density at radius 1 is 1.50 bits per heavy atom. The van der Waals surface area contributed by atoms with Gasteiger partial charge in [0, 0.05) is 6.20 Å². The maximum atomic E-state index is 9.48. The molecule has 1 aromatic heterocycles. The van der Waals surface area contributed by atoms with Crippen LogP contribution in [0.25, 0.3) is 0 Å². The zero-order valence-electron chi connectivity index (χ0n) is 9.11. The molecular weight excluding hydrogens is 202 g/mol. The average Bonchev–Trinajstić information content (AvgIpc) is 2.79. The van der Waals surface area contributed by atoms with Gasteiger partial charge in [-0.25, -0.2) is 4.98 Å². The number of nitrogens with zero attached hydrogens (tertiary/aromatic N) is 2. The normalized spacial score (nSPS) is 18.0. The second kappa shape index (κ2) is 4.50. The first kappa shape index (κ1) is 10.9. The molecule has 0 aromatic carbocycles. The van der Waals surface area contributed by atoms with Gasteiger partial charge >= 0.3 is 0 Å². The molecule has 0 atom stereocenters. The summed E-state index contributed by atoms with van der Waals surface area (Å²) in [7, 11) is 0. The number of aliphatic hydroxyl groups excluding tert-OH is 1. The van der Waals surface area contributed by atoms with Crippen molar-refractivity contribution in [2.75, 3.05) is 11.9 Å². The average molecular weight is 217 g/mol. The molecule has 0 amide bonds. The molecule has 84 valence electrons. The van der Waals surface area contributed by atoms with E-state index in [1.807, 2.05) is 6.07 Å². The van der Waals surface area contributed by atoms with Gasteiger partial charge < -0.3 is 10.4 Å². The summed E-state index contributed by atoms with van der Waals surface area (Å²) in [6, 6.07) is 5.69. The number of hydrogen-bond donors (Lipinski definition) is 2. The van der Waals surface area contributed by atoms with Crippen LogP contribution in [0.5, 0.6) is 0 Å². The smallest absolute Gasteiger partial charge is 0.163 e. The Labute approximate surface area is 94.9 Å². The van der Waals surface area contributed by atoms with E-state index in [2.05, 4.69) is 16.4 Å². The molecule has 2 N–H and O–H groups in total. The van der Waals surface area contributed by atoms with Crippen LogP contribution < -0.4 is 5.32 Å². The number of anilines is 1. The highest BCUT2D eigenvalue weighted by atomic mass is 16.3. The quantitative estimate of drug-likeness (QED) is 0.808. The lowest BCUT2D eigenvalue weighted by Gasteiger charge is -2.29. The summed E-state index contributed by atoms with van der Waals surface area (Å²) in [5.74, 6) is 0. The molecule has 0 radical (unpaired) electrons. The zero-order chi connectivity index (χ0) is 11.4. The van der Waals surface area contributed by atoms with E-state index >= 15 is 0 Å². The molecular formula is C12H15N3O. The number of rotatable bonds is 3. The Kier molecular flexibility index (Phi) is 3.07. The molecule has 0 spiro atoms. The van der Waals surface area contributed by atoms with Gasteiger partial charge in [-0.2, -0.15) is 5.26 Å². The second-order valence-electron chi connectivity index (χ2n) is 4.28. The summed E-state index contributed by atoms with van der Waals surface area (Å²) < 4.78 is 0. The number of aliphatic hydroxyl groups is 1. The van der Waals surface area contributed by atoms with Crippen molar-refractivity contribution in [3.63, 3.8) is 0 Å². The van der Waals surface area contributed by atoms with Crippen molar-refractivity contribution < 1.29 is 5.11 Å². The maximum Gasteiger partial charge on any atom is 0.163 e. The van der Waals surface area contributed by atoms with Crippen LogP contribution >= 0.6 is 0 Å². The number of nitriles is 1. The Hall–Kier alpha value is -1.60.